The summed E-state index contributed by atoms with van der Waals surface area (Å²) in [5.74, 6) is -0.742. The molecule has 0 saturated heterocycles. The third-order valence-electron chi connectivity index (χ3n) is 4.93. The van der Waals surface area contributed by atoms with E-state index in [0.717, 1.165) is 0 Å². The maximum Gasteiger partial charge on any atom is 0.204 e. The molecule has 0 bridgehead atoms. The summed E-state index contributed by atoms with van der Waals surface area (Å²) in [6.07, 6.45) is 0. The second kappa shape index (κ2) is 5.76. The van der Waals surface area contributed by atoms with E-state index in [9.17, 15) is 19.5 Å². The Hall–Kier alpha value is -3.02. The number of carbonyl (C=O) groups is 3. The van der Waals surface area contributed by atoms with Crippen LogP contribution < -0.4 is 0 Å². The van der Waals surface area contributed by atoms with E-state index in [1.807, 2.05) is 0 Å². The highest BCUT2D eigenvalue weighted by Gasteiger charge is 2.41. The molecule has 3 rings (SSSR count). The molecule has 0 atom stereocenters. The molecule has 1 aliphatic heterocycles. The van der Waals surface area contributed by atoms with E-state index < -0.39 is 0 Å². The first-order valence-electron chi connectivity index (χ1n) is 8.28. The number of Topliss-reactive ketones (excluding diaryl/α,β-unsaturated/α-hetero) is 3. The van der Waals surface area contributed by atoms with E-state index in [-0.39, 0.29) is 34.3 Å². The van der Waals surface area contributed by atoms with Gasteiger partial charge in [0.1, 0.15) is 5.76 Å². The SMILES string of the molecule is CC(=O)C1=C(C)/C(=C2/C(=O)C(c3[nH]c(C)c(C(C)=O)c3C)=C2O)N=C1C. The fraction of sp³-hybridized carbons (Fsp3) is 0.300. The van der Waals surface area contributed by atoms with Crippen molar-refractivity contribution in [2.24, 2.45) is 4.99 Å². The lowest BCUT2D eigenvalue weighted by Crippen LogP contribution is -2.23. The van der Waals surface area contributed by atoms with Gasteiger partial charge in [0, 0.05) is 22.5 Å². The van der Waals surface area contributed by atoms with E-state index in [2.05, 4.69) is 9.98 Å². The Labute approximate surface area is 151 Å². The number of H-pyrrole nitrogens is 1. The smallest absolute Gasteiger partial charge is 0.204 e. The van der Waals surface area contributed by atoms with Crippen LogP contribution in [0.1, 0.15) is 55.0 Å². The van der Waals surface area contributed by atoms with Crippen LogP contribution in [-0.4, -0.2) is 33.2 Å². The van der Waals surface area contributed by atoms with Gasteiger partial charge in [-0.05, 0) is 52.7 Å². The third-order valence-corrected chi connectivity index (χ3v) is 4.93. The summed E-state index contributed by atoms with van der Waals surface area (Å²) in [4.78, 5) is 43.7. The predicted molar refractivity (Wildman–Crippen MR) is 98.3 cm³/mol. The molecular weight excluding hydrogens is 332 g/mol. The molecule has 26 heavy (non-hydrogen) atoms. The average molecular weight is 352 g/mol. The maximum atomic E-state index is 12.8. The van der Waals surface area contributed by atoms with Crippen LogP contribution in [0.3, 0.4) is 0 Å². The molecule has 1 aromatic rings. The summed E-state index contributed by atoms with van der Waals surface area (Å²) in [5.41, 5.74) is 4.48. The summed E-state index contributed by atoms with van der Waals surface area (Å²) in [7, 11) is 0. The van der Waals surface area contributed by atoms with Crippen molar-refractivity contribution in [1.29, 1.82) is 0 Å². The van der Waals surface area contributed by atoms with E-state index in [1.54, 1.807) is 27.7 Å². The van der Waals surface area contributed by atoms with Gasteiger partial charge in [-0.3, -0.25) is 19.4 Å². The maximum absolute atomic E-state index is 12.8. The van der Waals surface area contributed by atoms with Crippen molar-refractivity contribution in [2.45, 2.75) is 41.5 Å². The molecule has 2 aliphatic rings. The fourth-order valence-corrected chi connectivity index (χ4v) is 3.84. The topological polar surface area (TPSA) is 99.6 Å². The Balaban J connectivity index is 2.19. The van der Waals surface area contributed by atoms with Gasteiger partial charge in [0.2, 0.25) is 5.78 Å². The Bertz CT molecular complexity index is 1040. The molecular formula is C20H20N2O4. The first kappa shape index (κ1) is 17.8. The number of aliphatic hydroxyl groups is 1. The van der Waals surface area contributed by atoms with Crippen LogP contribution in [0, 0.1) is 13.8 Å². The van der Waals surface area contributed by atoms with Crippen LogP contribution in [0.2, 0.25) is 0 Å². The van der Waals surface area contributed by atoms with Crippen molar-refractivity contribution in [3.63, 3.8) is 0 Å². The van der Waals surface area contributed by atoms with Crippen LogP contribution in [0.5, 0.6) is 0 Å². The standard InChI is InChI=1S/C20H20N2O4/c1-7-13(11(5)23)9(3)21-17(7)15-19(25)16(20(15)26)18-8(2)14(12(6)24)10(4)22-18/h21,25H,1-6H3/b18-16-. The molecule has 134 valence electrons. The Morgan fingerprint density at radius 2 is 1.62 bits per heavy atom. The molecule has 0 spiro atoms. The Kier molecular flexibility index (Phi) is 3.94. The van der Waals surface area contributed by atoms with Gasteiger partial charge in [-0.25, -0.2) is 0 Å². The second-order valence-corrected chi connectivity index (χ2v) is 6.71. The van der Waals surface area contributed by atoms with Crippen molar-refractivity contribution >= 4 is 28.6 Å². The number of ketones is 3. The first-order valence-corrected chi connectivity index (χ1v) is 8.28. The second-order valence-electron chi connectivity index (χ2n) is 6.71. The van der Waals surface area contributed by atoms with Gasteiger partial charge >= 0.3 is 0 Å². The quantitative estimate of drug-likeness (QED) is 0.644. The van der Waals surface area contributed by atoms with Crippen molar-refractivity contribution in [3.8, 4) is 0 Å². The summed E-state index contributed by atoms with van der Waals surface area (Å²) in [6.45, 7) is 9.83. The number of aryl methyl sites for hydroxylation is 1. The minimum atomic E-state index is -0.349. The molecule has 1 aliphatic carbocycles. The zero-order valence-electron chi connectivity index (χ0n) is 15.6. The number of nitrogens with zero attached hydrogens (tertiary/aromatic N) is 1. The number of aromatic amines is 1. The van der Waals surface area contributed by atoms with Gasteiger partial charge in [0.05, 0.1) is 22.5 Å². The lowest BCUT2D eigenvalue weighted by molar-refractivity contribution is -0.113. The third kappa shape index (κ3) is 2.25. The molecule has 0 unspecified atom stereocenters. The largest absolute Gasteiger partial charge is 0.506 e. The summed E-state index contributed by atoms with van der Waals surface area (Å²) in [6, 6.07) is 0. The highest BCUT2D eigenvalue weighted by atomic mass is 16.3. The molecule has 0 aromatic carbocycles. The lowest BCUT2D eigenvalue weighted by Gasteiger charge is -2.22. The van der Waals surface area contributed by atoms with Gasteiger partial charge in [0.25, 0.3) is 0 Å². The summed E-state index contributed by atoms with van der Waals surface area (Å²) in [5, 5.41) is 10.6. The van der Waals surface area contributed by atoms with E-state index in [4.69, 9.17) is 0 Å². The van der Waals surface area contributed by atoms with Crippen molar-refractivity contribution < 1.29 is 19.5 Å². The summed E-state index contributed by atoms with van der Waals surface area (Å²) < 4.78 is 0. The van der Waals surface area contributed by atoms with Crippen LogP contribution in [-0.2, 0) is 9.59 Å². The number of hydrogen-bond donors (Lipinski definition) is 2. The number of aliphatic hydroxyl groups excluding tert-OH is 1. The zero-order chi connectivity index (χ0) is 19.5. The molecule has 0 fully saturated rings. The molecule has 6 nitrogen and oxygen atoms in total. The molecule has 2 heterocycles. The number of aromatic nitrogens is 1. The van der Waals surface area contributed by atoms with Crippen LogP contribution in [0.15, 0.2) is 33.2 Å². The van der Waals surface area contributed by atoms with E-state index in [1.165, 1.54) is 13.8 Å². The molecule has 2 N–H and O–H groups in total. The van der Waals surface area contributed by atoms with Gasteiger partial charge < -0.3 is 10.1 Å². The van der Waals surface area contributed by atoms with Gasteiger partial charge in [-0.2, -0.15) is 0 Å². The highest BCUT2D eigenvalue weighted by Crippen LogP contribution is 2.43. The summed E-state index contributed by atoms with van der Waals surface area (Å²) >= 11 is 0. The zero-order valence-corrected chi connectivity index (χ0v) is 15.6. The number of hydrogen-bond acceptors (Lipinski definition) is 5. The highest BCUT2D eigenvalue weighted by molar-refractivity contribution is 6.40. The predicted octanol–water partition coefficient (Wildman–Crippen LogP) is 3.32. The molecule has 1 aromatic heterocycles. The molecule has 6 heteroatoms. The number of allylic oxidation sites excluding steroid dienone is 4. The molecule has 0 radical (unpaired) electrons. The van der Waals surface area contributed by atoms with Gasteiger partial charge in [-0.1, -0.05) is 0 Å². The number of carbonyl (C=O) groups excluding carboxylic acids is 3. The lowest BCUT2D eigenvalue weighted by atomic mass is 9.82. The van der Waals surface area contributed by atoms with Crippen LogP contribution >= 0.6 is 0 Å². The van der Waals surface area contributed by atoms with Crippen LogP contribution in [0.25, 0.3) is 5.57 Å². The minimum absolute atomic E-state index is 0.103. The number of aliphatic imine (C=N–C) groups is 1. The van der Waals surface area contributed by atoms with Gasteiger partial charge in [-0.15, -0.1) is 0 Å². The van der Waals surface area contributed by atoms with Gasteiger partial charge in [0.15, 0.2) is 11.6 Å². The van der Waals surface area contributed by atoms with E-state index in [0.29, 0.717) is 45.1 Å². The van der Waals surface area contributed by atoms with Crippen LogP contribution in [0.4, 0.5) is 0 Å². The Morgan fingerprint density at radius 3 is 2.04 bits per heavy atom. The average Bonchev–Trinajstić information content (AvgIpc) is 2.96. The number of rotatable bonds is 3. The molecule has 0 saturated carbocycles. The van der Waals surface area contributed by atoms with Crippen molar-refractivity contribution in [3.05, 3.63) is 50.7 Å². The molecule has 0 amide bonds. The Morgan fingerprint density at radius 1 is 1.00 bits per heavy atom. The van der Waals surface area contributed by atoms with E-state index >= 15 is 0 Å². The minimum Gasteiger partial charge on any atom is -0.506 e. The number of nitrogens with one attached hydrogen (secondary N) is 1. The van der Waals surface area contributed by atoms with Crippen molar-refractivity contribution in [1.82, 2.24) is 4.98 Å². The monoisotopic (exact) mass is 352 g/mol. The fourth-order valence-electron chi connectivity index (χ4n) is 3.84. The van der Waals surface area contributed by atoms with Crippen molar-refractivity contribution in [2.75, 3.05) is 0 Å². The first-order chi connectivity index (χ1) is 12.1. The normalized spacial score (nSPS) is 19.9.